The van der Waals surface area contributed by atoms with Gasteiger partial charge in [-0.15, -0.1) is 0 Å². The average molecular weight is 501 g/mol. The molecule has 0 bridgehead atoms. The van der Waals surface area contributed by atoms with Crippen LogP contribution in [0.4, 0.5) is 24.8 Å². The maximum atomic E-state index is 12.8. The normalized spacial score (nSPS) is 18.5. The lowest BCUT2D eigenvalue weighted by atomic mass is 9.97. The fraction of sp³-hybridized carbons (Fsp3) is 0.550. The van der Waals surface area contributed by atoms with Crippen LogP contribution in [-0.4, -0.2) is 87.7 Å². The zero-order valence-electron chi connectivity index (χ0n) is 18.3. The van der Waals surface area contributed by atoms with Crippen molar-refractivity contribution >= 4 is 29.1 Å². The Labute approximate surface area is 198 Å². The van der Waals surface area contributed by atoms with Crippen LogP contribution < -0.4 is 15.8 Å². The minimum absolute atomic E-state index is 0.00979. The maximum Gasteiger partial charge on any atom is 0.419 e. The van der Waals surface area contributed by atoms with Crippen molar-refractivity contribution < 1.29 is 18.0 Å². The standard InChI is InChI=1S/C20H24ClF3N8O2/c1-12(28-15-8-27-29-17(33)16(15)21)9-30-10-13(11-30)18(34)31-2-4-32(5-3-31)19-25-6-14(7-26-19)20(22,23)24/h6-8,12-13H,2-5,9-11H2,1H3,(H2,28,29,33)/t12-/m0/s1. The van der Waals surface area contributed by atoms with Crippen molar-refractivity contribution in [1.82, 2.24) is 30.0 Å². The van der Waals surface area contributed by atoms with E-state index >= 15 is 0 Å². The van der Waals surface area contributed by atoms with Crippen molar-refractivity contribution in [3.8, 4) is 0 Å². The third-order valence-corrected chi connectivity index (χ3v) is 6.25. The number of H-pyrrole nitrogens is 1. The van der Waals surface area contributed by atoms with Crippen LogP contribution in [0.3, 0.4) is 0 Å². The number of hydrogen-bond donors (Lipinski definition) is 2. The summed E-state index contributed by atoms with van der Waals surface area (Å²) in [6, 6.07) is -0.00979. The summed E-state index contributed by atoms with van der Waals surface area (Å²) in [7, 11) is 0. The molecule has 2 aliphatic rings. The minimum Gasteiger partial charge on any atom is -0.379 e. The number of piperazine rings is 1. The third-order valence-electron chi connectivity index (χ3n) is 5.88. The van der Waals surface area contributed by atoms with Crippen LogP contribution in [0.25, 0.3) is 0 Å². The van der Waals surface area contributed by atoms with Gasteiger partial charge in [0, 0.05) is 64.2 Å². The number of aromatic nitrogens is 4. The molecule has 0 radical (unpaired) electrons. The lowest BCUT2D eigenvalue weighted by Gasteiger charge is -2.43. The smallest absolute Gasteiger partial charge is 0.379 e. The second-order valence-electron chi connectivity index (χ2n) is 8.47. The van der Waals surface area contributed by atoms with Gasteiger partial charge in [0.05, 0.1) is 23.4 Å². The molecule has 1 amide bonds. The van der Waals surface area contributed by atoms with E-state index in [4.69, 9.17) is 11.6 Å². The van der Waals surface area contributed by atoms with Gasteiger partial charge in [0.1, 0.15) is 5.02 Å². The lowest BCUT2D eigenvalue weighted by molar-refractivity contribution is -0.141. The molecule has 0 unspecified atom stereocenters. The molecule has 2 fully saturated rings. The first kappa shape index (κ1) is 24.2. The fourth-order valence-electron chi connectivity index (χ4n) is 4.07. The lowest BCUT2D eigenvalue weighted by Crippen LogP contribution is -2.59. The van der Waals surface area contributed by atoms with Gasteiger partial charge in [-0.25, -0.2) is 15.1 Å². The number of rotatable bonds is 6. The highest BCUT2D eigenvalue weighted by Gasteiger charge is 2.37. The van der Waals surface area contributed by atoms with Crippen molar-refractivity contribution in [2.75, 3.05) is 56.0 Å². The van der Waals surface area contributed by atoms with Gasteiger partial charge in [-0.3, -0.25) is 14.5 Å². The molecule has 2 saturated heterocycles. The molecule has 0 spiro atoms. The highest BCUT2D eigenvalue weighted by molar-refractivity contribution is 6.32. The van der Waals surface area contributed by atoms with Gasteiger partial charge in [0.15, 0.2) is 0 Å². The summed E-state index contributed by atoms with van der Waals surface area (Å²) < 4.78 is 38.0. The number of carbonyl (C=O) groups excluding carboxylic acids is 1. The van der Waals surface area contributed by atoms with Crippen LogP contribution in [0.5, 0.6) is 0 Å². The van der Waals surface area contributed by atoms with E-state index in [-0.39, 0.29) is 28.8 Å². The van der Waals surface area contributed by atoms with E-state index in [1.807, 2.05) is 6.92 Å². The van der Waals surface area contributed by atoms with Gasteiger partial charge in [-0.1, -0.05) is 11.6 Å². The second kappa shape index (κ2) is 9.74. The monoisotopic (exact) mass is 500 g/mol. The molecule has 2 aromatic rings. The zero-order valence-corrected chi connectivity index (χ0v) is 19.1. The van der Waals surface area contributed by atoms with E-state index in [0.29, 0.717) is 51.5 Å². The van der Waals surface area contributed by atoms with Crippen molar-refractivity contribution in [3.05, 3.63) is 39.5 Å². The van der Waals surface area contributed by atoms with E-state index in [1.165, 1.54) is 6.20 Å². The highest BCUT2D eigenvalue weighted by Crippen LogP contribution is 2.28. The molecule has 1 atom stereocenters. The largest absolute Gasteiger partial charge is 0.419 e. The van der Waals surface area contributed by atoms with E-state index in [2.05, 4.69) is 30.4 Å². The Kier molecular flexibility index (Phi) is 6.94. The number of halogens is 4. The van der Waals surface area contributed by atoms with Crippen LogP contribution in [0, 0.1) is 5.92 Å². The molecule has 0 aromatic carbocycles. The Bertz CT molecular complexity index is 1070. The minimum atomic E-state index is -4.47. The van der Waals surface area contributed by atoms with Crippen LogP contribution in [0.2, 0.25) is 5.02 Å². The summed E-state index contributed by atoms with van der Waals surface area (Å²) in [5, 5.41) is 9.21. The van der Waals surface area contributed by atoms with Crippen LogP contribution in [0.1, 0.15) is 12.5 Å². The average Bonchev–Trinajstić information content (AvgIpc) is 2.78. The molecule has 34 heavy (non-hydrogen) atoms. The predicted octanol–water partition coefficient (Wildman–Crippen LogP) is 1.31. The van der Waals surface area contributed by atoms with Crippen molar-refractivity contribution in [3.63, 3.8) is 0 Å². The SMILES string of the molecule is C[C@@H](CN1CC(C(=O)N2CCN(c3ncc(C(F)(F)F)cn3)CC2)C1)Nc1cn[nH]c(=O)c1Cl. The summed E-state index contributed by atoms with van der Waals surface area (Å²) in [6.45, 7) is 5.74. The number of anilines is 2. The quantitative estimate of drug-likeness (QED) is 0.611. The Morgan fingerprint density at radius 1 is 1.21 bits per heavy atom. The van der Waals surface area contributed by atoms with Crippen molar-refractivity contribution in [2.45, 2.75) is 19.1 Å². The van der Waals surface area contributed by atoms with E-state index in [0.717, 1.165) is 12.4 Å². The van der Waals surface area contributed by atoms with Crippen molar-refractivity contribution in [2.24, 2.45) is 5.92 Å². The number of alkyl halides is 3. The van der Waals surface area contributed by atoms with E-state index in [9.17, 15) is 22.8 Å². The topological polar surface area (TPSA) is 110 Å². The molecule has 4 heterocycles. The van der Waals surface area contributed by atoms with Gasteiger partial charge in [0.2, 0.25) is 11.9 Å². The molecule has 2 aliphatic heterocycles. The zero-order chi connectivity index (χ0) is 24.5. The van der Waals surface area contributed by atoms with Gasteiger partial charge >= 0.3 is 6.18 Å². The first-order valence-corrected chi connectivity index (χ1v) is 11.1. The fourth-order valence-corrected chi connectivity index (χ4v) is 4.22. The molecule has 2 aromatic heterocycles. The molecular formula is C20H24ClF3N8O2. The highest BCUT2D eigenvalue weighted by atomic mass is 35.5. The van der Waals surface area contributed by atoms with Crippen LogP contribution in [0.15, 0.2) is 23.4 Å². The number of aromatic amines is 1. The summed E-state index contributed by atoms with van der Waals surface area (Å²) in [5.41, 5.74) is -0.888. The van der Waals surface area contributed by atoms with Gasteiger partial charge < -0.3 is 15.1 Å². The first-order chi connectivity index (χ1) is 16.1. The molecule has 184 valence electrons. The number of hydrogen-bond acceptors (Lipinski definition) is 8. The Balaban J connectivity index is 1.20. The van der Waals surface area contributed by atoms with Gasteiger partial charge in [0.25, 0.3) is 5.56 Å². The van der Waals surface area contributed by atoms with E-state index in [1.54, 1.807) is 9.80 Å². The van der Waals surface area contributed by atoms with Crippen LogP contribution >= 0.6 is 11.6 Å². The summed E-state index contributed by atoms with van der Waals surface area (Å²) in [4.78, 5) is 37.7. The Morgan fingerprint density at radius 3 is 2.47 bits per heavy atom. The molecule has 4 rings (SSSR count). The second-order valence-corrected chi connectivity index (χ2v) is 8.85. The Morgan fingerprint density at radius 2 is 1.85 bits per heavy atom. The number of nitrogens with zero attached hydrogens (tertiary/aromatic N) is 6. The van der Waals surface area contributed by atoms with E-state index < -0.39 is 17.3 Å². The third kappa shape index (κ3) is 5.41. The van der Waals surface area contributed by atoms with Crippen LogP contribution in [-0.2, 0) is 11.0 Å². The predicted molar refractivity (Wildman–Crippen MR) is 119 cm³/mol. The molecular weight excluding hydrogens is 477 g/mol. The molecule has 2 N–H and O–H groups in total. The van der Waals surface area contributed by atoms with Crippen molar-refractivity contribution in [1.29, 1.82) is 0 Å². The molecule has 0 aliphatic carbocycles. The molecule has 14 heteroatoms. The Hall–Kier alpha value is -2.93. The maximum absolute atomic E-state index is 12.8. The number of nitrogens with one attached hydrogen (secondary N) is 2. The molecule has 10 nitrogen and oxygen atoms in total. The van der Waals surface area contributed by atoms with Gasteiger partial charge in [-0.2, -0.15) is 18.3 Å². The first-order valence-electron chi connectivity index (χ1n) is 10.8. The number of amides is 1. The summed E-state index contributed by atoms with van der Waals surface area (Å²) in [5.74, 6) is 0.213. The number of carbonyl (C=O) groups is 1. The molecule has 0 saturated carbocycles. The summed E-state index contributed by atoms with van der Waals surface area (Å²) >= 11 is 5.98. The summed E-state index contributed by atoms with van der Waals surface area (Å²) in [6.07, 6.45) is -1.46. The van der Waals surface area contributed by atoms with Gasteiger partial charge in [-0.05, 0) is 6.92 Å². The number of likely N-dealkylation sites (tertiary alicyclic amines) is 1.